The number of fused-ring (bicyclic) bond motifs is 1. The zero-order valence-electron chi connectivity index (χ0n) is 9.85. The fraction of sp³-hybridized carbons (Fsp3) is 0.0714. The van der Waals surface area contributed by atoms with Gasteiger partial charge in [0.25, 0.3) is 0 Å². The van der Waals surface area contributed by atoms with Crippen molar-refractivity contribution < 1.29 is 0 Å². The van der Waals surface area contributed by atoms with Gasteiger partial charge < -0.3 is 0 Å². The van der Waals surface area contributed by atoms with Crippen molar-refractivity contribution in [3.05, 3.63) is 64.0 Å². The molecule has 19 heavy (non-hydrogen) atoms. The molecule has 0 unspecified atom stereocenters. The monoisotopic (exact) mass is 289 g/mol. The summed E-state index contributed by atoms with van der Waals surface area (Å²) in [5, 5.41) is 1.13. The van der Waals surface area contributed by atoms with Crippen molar-refractivity contribution in [3.8, 4) is 0 Å². The van der Waals surface area contributed by atoms with E-state index in [0.717, 1.165) is 16.8 Å². The molecule has 2 heterocycles. The minimum atomic E-state index is 0.555. The molecular weight excluding hydrogens is 281 g/mol. The number of hydrogen-bond acceptors (Lipinski definition) is 3. The van der Waals surface area contributed by atoms with Gasteiger partial charge in [-0.15, -0.1) is 0 Å². The molecule has 3 aromatic rings. The Bertz CT molecular complexity index is 744. The average molecular weight is 290 g/mol. The van der Waals surface area contributed by atoms with Crippen LogP contribution in [0.4, 0.5) is 0 Å². The molecule has 0 atom stereocenters. The maximum Gasteiger partial charge on any atom is 0.178 e. The Labute approximate surface area is 120 Å². The molecule has 0 saturated heterocycles. The third kappa shape index (κ3) is 2.53. The molecule has 0 aliphatic heterocycles. The van der Waals surface area contributed by atoms with Crippen molar-refractivity contribution in [2.24, 2.45) is 0 Å². The first-order chi connectivity index (χ1) is 9.24. The molecule has 0 saturated carbocycles. The summed E-state index contributed by atoms with van der Waals surface area (Å²) in [5.41, 5.74) is 3.25. The predicted octanol–water partition coefficient (Wildman–Crippen LogP) is 3.92. The van der Waals surface area contributed by atoms with Crippen LogP contribution < -0.4 is 0 Å². The van der Waals surface area contributed by atoms with Gasteiger partial charge in [0.2, 0.25) is 0 Å². The highest BCUT2D eigenvalue weighted by atomic mass is 35.5. The van der Waals surface area contributed by atoms with E-state index in [1.165, 1.54) is 0 Å². The topological polar surface area (TPSA) is 38.7 Å². The van der Waals surface area contributed by atoms with Gasteiger partial charge >= 0.3 is 0 Å². The second kappa shape index (κ2) is 5.11. The summed E-state index contributed by atoms with van der Waals surface area (Å²) in [6, 6.07) is 9.42. The third-order valence-corrected chi connectivity index (χ3v) is 3.65. The lowest BCUT2D eigenvalue weighted by molar-refractivity contribution is 1.08. The summed E-state index contributed by atoms with van der Waals surface area (Å²) in [5.74, 6) is 0. The molecule has 3 nitrogen and oxygen atoms in total. The predicted molar refractivity (Wildman–Crippen MR) is 76.6 cm³/mol. The van der Waals surface area contributed by atoms with Crippen LogP contribution >= 0.6 is 23.2 Å². The minimum Gasteiger partial charge on any atom is -0.251 e. The molecule has 0 spiro atoms. The summed E-state index contributed by atoms with van der Waals surface area (Å²) in [6.07, 6.45) is 3.90. The van der Waals surface area contributed by atoms with Crippen LogP contribution in [0, 0.1) is 0 Å². The lowest BCUT2D eigenvalue weighted by atomic mass is 10.1. The zero-order valence-corrected chi connectivity index (χ0v) is 11.4. The Balaban J connectivity index is 1.99. The summed E-state index contributed by atoms with van der Waals surface area (Å²) < 4.78 is 0. The van der Waals surface area contributed by atoms with Crippen LogP contribution in [0.15, 0.2) is 42.7 Å². The zero-order chi connectivity index (χ0) is 13.2. The van der Waals surface area contributed by atoms with Gasteiger partial charge in [-0.05, 0) is 23.8 Å². The quantitative estimate of drug-likeness (QED) is 0.718. The van der Waals surface area contributed by atoms with E-state index in [0.29, 0.717) is 22.1 Å². The first-order valence-electron chi connectivity index (χ1n) is 5.73. The molecule has 0 aliphatic rings. The van der Waals surface area contributed by atoms with Crippen LogP contribution in [-0.4, -0.2) is 15.0 Å². The van der Waals surface area contributed by atoms with Crippen molar-refractivity contribution in [2.45, 2.75) is 6.42 Å². The largest absolute Gasteiger partial charge is 0.251 e. The minimum absolute atomic E-state index is 0.555. The molecule has 0 aliphatic carbocycles. The number of rotatable bonds is 2. The van der Waals surface area contributed by atoms with Gasteiger partial charge in [-0.3, -0.25) is 4.98 Å². The smallest absolute Gasteiger partial charge is 0.178 e. The van der Waals surface area contributed by atoms with Crippen molar-refractivity contribution in [1.29, 1.82) is 0 Å². The lowest BCUT2D eigenvalue weighted by Crippen LogP contribution is -1.95. The van der Waals surface area contributed by atoms with E-state index in [-0.39, 0.29) is 0 Å². The van der Waals surface area contributed by atoms with Crippen LogP contribution in [0.3, 0.4) is 0 Å². The van der Waals surface area contributed by atoms with Crippen LogP contribution in [0.1, 0.15) is 11.3 Å². The van der Waals surface area contributed by atoms with E-state index in [1.807, 2.05) is 24.3 Å². The molecule has 0 N–H and O–H groups in total. The van der Waals surface area contributed by atoms with E-state index < -0.39 is 0 Å². The SMILES string of the molecule is Clc1cccc(Cc2ccc3nccnc3n2)c1Cl. The van der Waals surface area contributed by atoms with E-state index in [1.54, 1.807) is 18.5 Å². The average Bonchev–Trinajstić information content (AvgIpc) is 2.44. The second-order valence-electron chi connectivity index (χ2n) is 4.09. The van der Waals surface area contributed by atoms with Gasteiger partial charge in [0, 0.05) is 24.5 Å². The standard InChI is InChI=1S/C14H9Cl2N3/c15-11-3-1-2-9(13(11)16)8-10-4-5-12-14(19-10)18-7-6-17-12/h1-7H,8H2. The van der Waals surface area contributed by atoms with Crippen molar-refractivity contribution in [1.82, 2.24) is 15.0 Å². The Morgan fingerprint density at radius 1 is 0.947 bits per heavy atom. The van der Waals surface area contributed by atoms with Crippen LogP contribution in [0.25, 0.3) is 11.2 Å². The van der Waals surface area contributed by atoms with Crippen molar-refractivity contribution in [3.63, 3.8) is 0 Å². The van der Waals surface area contributed by atoms with E-state index in [2.05, 4.69) is 15.0 Å². The summed E-state index contributed by atoms with van der Waals surface area (Å²) in [7, 11) is 0. The Morgan fingerprint density at radius 2 is 1.79 bits per heavy atom. The highest BCUT2D eigenvalue weighted by Gasteiger charge is 2.07. The molecule has 0 fully saturated rings. The summed E-state index contributed by atoms with van der Waals surface area (Å²) in [6.45, 7) is 0. The fourth-order valence-corrected chi connectivity index (χ4v) is 2.26. The lowest BCUT2D eigenvalue weighted by Gasteiger charge is -2.05. The first-order valence-corrected chi connectivity index (χ1v) is 6.49. The van der Waals surface area contributed by atoms with Gasteiger partial charge in [-0.2, -0.15) is 0 Å². The number of nitrogens with zero attached hydrogens (tertiary/aromatic N) is 3. The van der Waals surface area contributed by atoms with Gasteiger partial charge in [-0.1, -0.05) is 35.3 Å². The Kier molecular flexibility index (Phi) is 3.32. The molecule has 0 bridgehead atoms. The third-order valence-electron chi connectivity index (χ3n) is 2.79. The molecular formula is C14H9Cl2N3. The maximum atomic E-state index is 6.17. The highest BCUT2D eigenvalue weighted by Crippen LogP contribution is 2.27. The van der Waals surface area contributed by atoms with E-state index in [4.69, 9.17) is 23.2 Å². The number of aromatic nitrogens is 3. The highest BCUT2D eigenvalue weighted by molar-refractivity contribution is 6.42. The fourth-order valence-electron chi connectivity index (χ4n) is 1.87. The van der Waals surface area contributed by atoms with Crippen LogP contribution in [-0.2, 0) is 6.42 Å². The molecule has 5 heteroatoms. The van der Waals surface area contributed by atoms with Gasteiger partial charge in [-0.25, -0.2) is 9.97 Å². The molecule has 0 radical (unpaired) electrons. The molecule has 1 aromatic carbocycles. The Morgan fingerprint density at radius 3 is 2.68 bits per heavy atom. The van der Waals surface area contributed by atoms with Gasteiger partial charge in [0.15, 0.2) is 5.65 Å². The van der Waals surface area contributed by atoms with E-state index >= 15 is 0 Å². The van der Waals surface area contributed by atoms with Gasteiger partial charge in [0.1, 0.15) is 5.52 Å². The second-order valence-corrected chi connectivity index (χ2v) is 4.88. The molecule has 3 rings (SSSR count). The number of pyridine rings is 1. The van der Waals surface area contributed by atoms with Crippen LogP contribution in [0.2, 0.25) is 10.0 Å². The van der Waals surface area contributed by atoms with Gasteiger partial charge in [0.05, 0.1) is 10.0 Å². The molecule has 2 aromatic heterocycles. The Hall–Kier alpha value is -1.71. The number of halogens is 2. The normalized spacial score (nSPS) is 10.8. The number of hydrogen-bond donors (Lipinski definition) is 0. The molecule has 0 amide bonds. The van der Waals surface area contributed by atoms with Crippen molar-refractivity contribution in [2.75, 3.05) is 0 Å². The summed E-state index contributed by atoms with van der Waals surface area (Å²) >= 11 is 12.2. The molecule has 94 valence electrons. The van der Waals surface area contributed by atoms with E-state index in [9.17, 15) is 0 Å². The van der Waals surface area contributed by atoms with Crippen LogP contribution in [0.5, 0.6) is 0 Å². The summed E-state index contributed by atoms with van der Waals surface area (Å²) in [4.78, 5) is 12.8. The number of benzene rings is 1. The first kappa shape index (κ1) is 12.3. The maximum absolute atomic E-state index is 6.17. The van der Waals surface area contributed by atoms with Crippen molar-refractivity contribution >= 4 is 34.4 Å².